The topological polar surface area (TPSA) is 55.4 Å². The average molecular weight is 387 g/mol. The van der Waals surface area contributed by atoms with E-state index in [-0.39, 0.29) is 21.7 Å². The van der Waals surface area contributed by atoms with Gasteiger partial charge in [0.05, 0.1) is 21.7 Å². The second-order valence-electron chi connectivity index (χ2n) is 5.01. The molecule has 0 fully saturated rings. The zero-order valence-electron chi connectivity index (χ0n) is 12.7. The quantitative estimate of drug-likeness (QED) is 0.759. The van der Waals surface area contributed by atoms with E-state index in [4.69, 9.17) is 39.5 Å². The molecule has 4 nitrogen and oxygen atoms in total. The van der Waals surface area contributed by atoms with Crippen LogP contribution in [0, 0.1) is 0 Å². The summed E-state index contributed by atoms with van der Waals surface area (Å²) in [7, 11) is 0. The summed E-state index contributed by atoms with van der Waals surface area (Å²) >= 11 is 17.7. The van der Waals surface area contributed by atoms with Gasteiger partial charge < -0.3 is 10.1 Å². The molecule has 0 saturated carbocycles. The van der Waals surface area contributed by atoms with Gasteiger partial charge in [0.1, 0.15) is 0 Å². The Labute approximate surface area is 154 Å². The Morgan fingerprint density at radius 1 is 1.04 bits per heavy atom. The number of amides is 1. The van der Waals surface area contributed by atoms with Crippen molar-refractivity contribution >= 4 is 46.7 Å². The van der Waals surface area contributed by atoms with Crippen molar-refractivity contribution in [3.63, 3.8) is 0 Å². The number of rotatable bonds is 5. The van der Waals surface area contributed by atoms with E-state index in [1.807, 2.05) is 19.1 Å². The third-order valence-corrected chi connectivity index (χ3v) is 4.13. The van der Waals surface area contributed by atoms with Crippen molar-refractivity contribution in [3.05, 3.63) is 68.7 Å². The Bertz CT molecular complexity index is 727. The molecule has 2 aromatic carbocycles. The molecule has 1 N–H and O–H groups in total. The number of halogens is 3. The molecule has 0 unspecified atom stereocenters. The maximum atomic E-state index is 12.0. The van der Waals surface area contributed by atoms with Crippen LogP contribution in [0.4, 0.5) is 0 Å². The predicted octanol–water partition coefficient (Wildman–Crippen LogP) is 4.68. The van der Waals surface area contributed by atoms with Crippen molar-refractivity contribution in [2.75, 3.05) is 6.61 Å². The van der Waals surface area contributed by atoms with E-state index in [2.05, 4.69) is 5.32 Å². The minimum Gasteiger partial charge on any atom is -0.452 e. The highest BCUT2D eigenvalue weighted by molar-refractivity contribution is 6.39. The molecule has 0 aliphatic rings. The van der Waals surface area contributed by atoms with Crippen molar-refractivity contribution in [2.45, 2.75) is 13.0 Å². The van der Waals surface area contributed by atoms with E-state index in [1.165, 1.54) is 12.1 Å². The summed E-state index contributed by atoms with van der Waals surface area (Å²) in [5.41, 5.74) is 0.924. The molecule has 24 heavy (non-hydrogen) atoms. The number of hydrogen-bond donors (Lipinski definition) is 1. The van der Waals surface area contributed by atoms with Crippen LogP contribution in [-0.4, -0.2) is 18.5 Å². The summed E-state index contributed by atoms with van der Waals surface area (Å²) < 4.78 is 4.97. The van der Waals surface area contributed by atoms with Crippen molar-refractivity contribution in [1.82, 2.24) is 5.32 Å². The molecule has 0 spiro atoms. The number of hydrogen-bond acceptors (Lipinski definition) is 3. The molecule has 0 bridgehead atoms. The number of carbonyl (C=O) groups excluding carboxylic acids is 2. The van der Waals surface area contributed by atoms with Gasteiger partial charge in [0.25, 0.3) is 5.91 Å². The third-order valence-electron chi connectivity index (χ3n) is 3.25. The van der Waals surface area contributed by atoms with Crippen molar-refractivity contribution < 1.29 is 14.3 Å². The maximum absolute atomic E-state index is 12.0. The molecule has 0 saturated heterocycles. The minimum atomic E-state index is -0.750. The van der Waals surface area contributed by atoms with Crippen LogP contribution < -0.4 is 5.32 Å². The van der Waals surface area contributed by atoms with Gasteiger partial charge in [-0.1, -0.05) is 53.0 Å². The van der Waals surface area contributed by atoms with Gasteiger partial charge >= 0.3 is 5.97 Å². The SMILES string of the molecule is C[C@@H](NC(=O)COC(=O)c1c(Cl)cccc1Cl)c1ccc(Cl)cc1. The first-order valence-corrected chi connectivity index (χ1v) is 8.18. The van der Waals surface area contributed by atoms with Gasteiger partial charge in [-0.25, -0.2) is 4.79 Å². The van der Waals surface area contributed by atoms with E-state index >= 15 is 0 Å². The second kappa shape index (κ2) is 8.38. The van der Waals surface area contributed by atoms with E-state index < -0.39 is 18.5 Å². The van der Waals surface area contributed by atoms with E-state index in [0.29, 0.717) is 5.02 Å². The molecule has 126 valence electrons. The molecular formula is C17H14Cl3NO3. The molecule has 0 heterocycles. The zero-order chi connectivity index (χ0) is 17.7. The van der Waals surface area contributed by atoms with Gasteiger partial charge in [-0.2, -0.15) is 0 Å². The standard InChI is InChI=1S/C17H14Cl3NO3/c1-10(11-5-7-12(18)8-6-11)21-15(22)9-24-17(23)16-13(19)3-2-4-14(16)20/h2-8,10H,9H2,1H3,(H,21,22)/t10-/m1/s1. The van der Waals surface area contributed by atoms with E-state index in [1.54, 1.807) is 18.2 Å². The smallest absolute Gasteiger partial charge is 0.341 e. The molecule has 1 atom stereocenters. The molecule has 7 heteroatoms. The monoisotopic (exact) mass is 385 g/mol. The molecule has 1 amide bonds. The molecule has 0 aliphatic carbocycles. The molecule has 0 aliphatic heterocycles. The van der Waals surface area contributed by atoms with Crippen LogP contribution in [0.15, 0.2) is 42.5 Å². The lowest BCUT2D eigenvalue weighted by Gasteiger charge is -2.14. The van der Waals surface area contributed by atoms with Gasteiger partial charge in [0.15, 0.2) is 6.61 Å². The fourth-order valence-electron chi connectivity index (χ4n) is 2.01. The van der Waals surface area contributed by atoms with Gasteiger partial charge in [-0.05, 0) is 36.8 Å². The summed E-state index contributed by atoms with van der Waals surface area (Å²) in [6.07, 6.45) is 0. The molecule has 0 radical (unpaired) electrons. The number of benzene rings is 2. The van der Waals surface area contributed by atoms with Crippen LogP contribution in [0.5, 0.6) is 0 Å². The minimum absolute atomic E-state index is 0.0411. The first-order valence-electron chi connectivity index (χ1n) is 7.04. The van der Waals surface area contributed by atoms with E-state index in [9.17, 15) is 9.59 Å². The Morgan fingerprint density at radius 2 is 1.62 bits per heavy atom. The summed E-state index contributed by atoms with van der Waals surface area (Å²) in [6.45, 7) is 1.38. The Kier molecular flexibility index (Phi) is 6.49. The number of carbonyl (C=O) groups is 2. The van der Waals surface area contributed by atoms with Gasteiger partial charge in [0.2, 0.25) is 0 Å². The second-order valence-corrected chi connectivity index (χ2v) is 6.26. The Hall–Kier alpha value is -1.75. The van der Waals surface area contributed by atoms with Crippen LogP contribution in [0.25, 0.3) is 0 Å². The summed E-state index contributed by atoms with van der Waals surface area (Å²) in [5, 5.41) is 3.68. The molecule has 2 rings (SSSR count). The number of ether oxygens (including phenoxy) is 1. The van der Waals surface area contributed by atoms with Crippen LogP contribution >= 0.6 is 34.8 Å². The lowest BCUT2D eigenvalue weighted by Crippen LogP contribution is -2.31. The first-order chi connectivity index (χ1) is 11.4. The number of esters is 1. The van der Waals surface area contributed by atoms with Crippen LogP contribution in [0.2, 0.25) is 15.1 Å². The molecule has 2 aromatic rings. The van der Waals surface area contributed by atoms with Crippen molar-refractivity contribution in [3.8, 4) is 0 Å². The Balaban J connectivity index is 1.91. The lowest BCUT2D eigenvalue weighted by molar-refractivity contribution is -0.124. The van der Waals surface area contributed by atoms with Gasteiger partial charge in [-0.3, -0.25) is 4.79 Å². The summed E-state index contributed by atoms with van der Waals surface area (Å²) in [5.74, 6) is -1.19. The zero-order valence-corrected chi connectivity index (χ0v) is 15.0. The third kappa shape index (κ3) is 4.87. The van der Waals surface area contributed by atoms with Crippen LogP contribution in [0.3, 0.4) is 0 Å². The normalized spacial score (nSPS) is 11.7. The number of nitrogens with one attached hydrogen (secondary N) is 1. The Morgan fingerprint density at radius 3 is 2.21 bits per heavy atom. The fraction of sp³-hybridized carbons (Fsp3) is 0.176. The van der Waals surface area contributed by atoms with Crippen molar-refractivity contribution in [1.29, 1.82) is 0 Å². The van der Waals surface area contributed by atoms with Gasteiger partial charge in [0, 0.05) is 5.02 Å². The first kappa shape index (κ1) is 18.6. The van der Waals surface area contributed by atoms with Crippen LogP contribution in [-0.2, 0) is 9.53 Å². The highest BCUT2D eigenvalue weighted by Crippen LogP contribution is 2.25. The van der Waals surface area contributed by atoms with Crippen molar-refractivity contribution in [2.24, 2.45) is 0 Å². The lowest BCUT2D eigenvalue weighted by atomic mass is 10.1. The highest BCUT2D eigenvalue weighted by Gasteiger charge is 2.18. The fourth-order valence-corrected chi connectivity index (χ4v) is 2.69. The highest BCUT2D eigenvalue weighted by atomic mass is 35.5. The predicted molar refractivity (Wildman–Crippen MR) is 94.8 cm³/mol. The van der Waals surface area contributed by atoms with Crippen LogP contribution in [0.1, 0.15) is 28.9 Å². The molecular weight excluding hydrogens is 373 g/mol. The summed E-state index contributed by atoms with van der Waals surface area (Å²) in [6, 6.07) is 11.5. The summed E-state index contributed by atoms with van der Waals surface area (Å²) in [4.78, 5) is 23.9. The molecule has 0 aromatic heterocycles. The van der Waals surface area contributed by atoms with Gasteiger partial charge in [-0.15, -0.1) is 0 Å². The largest absolute Gasteiger partial charge is 0.452 e. The maximum Gasteiger partial charge on any atom is 0.341 e. The van der Waals surface area contributed by atoms with E-state index in [0.717, 1.165) is 5.56 Å². The average Bonchev–Trinajstić information content (AvgIpc) is 2.53.